The van der Waals surface area contributed by atoms with Crippen molar-refractivity contribution in [3.8, 4) is 0 Å². The number of hydrogen-bond acceptors (Lipinski definition) is 4. The molecule has 8 heteroatoms. The number of carbonyl (C=O) groups excluding carboxylic acids is 2. The van der Waals surface area contributed by atoms with Crippen molar-refractivity contribution in [2.75, 3.05) is 46.0 Å². The summed E-state index contributed by atoms with van der Waals surface area (Å²) in [4.78, 5) is 28.8. The summed E-state index contributed by atoms with van der Waals surface area (Å²) >= 11 is 0. The van der Waals surface area contributed by atoms with E-state index in [9.17, 15) is 9.59 Å². The molecule has 0 bridgehead atoms. The van der Waals surface area contributed by atoms with E-state index in [-0.39, 0.29) is 11.9 Å². The Hall–Kier alpha value is -2.25. The number of urea groups is 1. The van der Waals surface area contributed by atoms with Crippen LogP contribution in [-0.4, -0.2) is 77.1 Å². The lowest BCUT2D eigenvalue weighted by Gasteiger charge is -2.35. The van der Waals surface area contributed by atoms with Crippen molar-refractivity contribution in [2.45, 2.75) is 0 Å². The van der Waals surface area contributed by atoms with Gasteiger partial charge in [-0.25, -0.2) is 4.79 Å². The van der Waals surface area contributed by atoms with Gasteiger partial charge in [0, 0.05) is 40.3 Å². The maximum Gasteiger partial charge on any atom is 0.319 e. The van der Waals surface area contributed by atoms with E-state index in [1.54, 1.807) is 23.9 Å². The van der Waals surface area contributed by atoms with Gasteiger partial charge >= 0.3 is 6.03 Å². The standard InChI is InChI=1S/C11H18N6O2/c1-15(2)11(19)17-5-3-16(4-6-17)10(18)9-8(12)7-13-14-9/h7H,3-6,12H2,1-2H3,(H,13,14). The third-order valence-electron chi connectivity index (χ3n) is 3.10. The molecule has 1 saturated heterocycles. The number of nitrogens with two attached hydrogens (primary N) is 1. The van der Waals surface area contributed by atoms with Crippen LogP contribution in [0.25, 0.3) is 0 Å². The minimum atomic E-state index is -0.174. The number of nitrogens with one attached hydrogen (secondary N) is 1. The summed E-state index contributed by atoms with van der Waals surface area (Å²) in [6.07, 6.45) is 1.42. The molecule has 0 spiro atoms. The molecule has 1 aromatic heterocycles. The van der Waals surface area contributed by atoms with Crippen molar-refractivity contribution in [1.82, 2.24) is 24.9 Å². The van der Waals surface area contributed by atoms with Crippen molar-refractivity contribution in [1.29, 1.82) is 0 Å². The third-order valence-corrected chi connectivity index (χ3v) is 3.10. The largest absolute Gasteiger partial charge is 0.396 e. The SMILES string of the molecule is CN(C)C(=O)N1CCN(C(=O)c2[nH]ncc2N)CC1. The number of nitrogens with zero attached hydrogens (tertiary/aromatic N) is 4. The van der Waals surface area contributed by atoms with Crippen molar-refractivity contribution < 1.29 is 9.59 Å². The average molecular weight is 266 g/mol. The first-order valence-corrected chi connectivity index (χ1v) is 6.05. The third kappa shape index (κ3) is 2.61. The maximum atomic E-state index is 12.2. The molecule has 3 N–H and O–H groups in total. The molecule has 1 aromatic rings. The molecule has 2 heterocycles. The van der Waals surface area contributed by atoms with Crippen LogP contribution in [-0.2, 0) is 0 Å². The predicted molar refractivity (Wildman–Crippen MR) is 69.6 cm³/mol. The van der Waals surface area contributed by atoms with E-state index in [2.05, 4.69) is 10.2 Å². The van der Waals surface area contributed by atoms with Crippen molar-refractivity contribution in [3.05, 3.63) is 11.9 Å². The molecule has 0 unspecified atom stereocenters. The quantitative estimate of drug-likeness (QED) is 0.711. The van der Waals surface area contributed by atoms with Gasteiger partial charge in [-0.1, -0.05) is 0 Å². The van der Waals surface area contributed by atoms with Crippen LogP contribution < -0.4 is 5.73 Å². The van der Waals surface area contributed by atoms with Crippen LogP contribution in [0.4, 0.5) is 10.5 Å². The van der Waals surface area contributed by atoms with Crippen molar-refractivity contribution in [3.63, 3.8) is 0 Å². The number of hydrogen-bond donors (Lipinski definition) is 2. The fraction of sp³-hybridized carbons (Fsp3) is 0.545. The number of aromatic nitrogens is 2. The number of rotatable bonds is 1. The first-order valence-electron chi connectivity index (χ1n) is 6.05. The maximum absolute atomic E-state index is 12.2. The molecule has 104 valence electrons. The van der Waals surface area contributed by atoms with Gasteiger partial charge < -0.3 is 20.4 Å². The van der Waals surface area contributed by atoms with Crippen LogP contribution in [0, 0.1) is 0 Å². The second-order valence-electron chi connectivity index (χ2n) is 4.66. The van der Waals surface area contributed by atoms with Gasteiger partial charge in [-0.3, -0.25) is 9.89 Å². The fourth-order valence-electron chi connectivity index (χ4n) is 2.01. The van der Waals surface area contributed by atoms with Crippen LogP contribution in [0.2, 0.25) is 0 Å². The lowest BCUT2D eigenvalue weighted by atomic mass is 10.2. The summed E-state index contributed by atoms with van der Waals surface area (Å²) in [5, 5.41) is 6.34. The van der Waals surface area contributed by atoms with Crippen LogP contribution in [0.5, 0.6) is 0 Å². The zero-order valence-electron chi connectivity index (χ0n) is 11.1. The summed E-state index contributed by atoms with van der Waals surface area (Å²) in [7, 11) is 3.43. The number of nitrogen functional groups attached to an aromatic ring is 1. The van der Waals surface area contributed by atoms with E-state index in [0.29, 0.717) is 37.6 Å². The zero-order chi connectivity index (χ0) is 14.0. The molecular formula is C11H18N6O2. The summed E-state index contributed by atoms with van der Waals surface area (Å²) in [6.45, 7) is 2.04. The molecule has 8 nitrogen and oxygen atoms in total. The number of aromatic amines is 1. The lowest BCUT2D eigenvalue weighted by molar-refractivity contribution is 0.0645. The van der Waals surface area contributed by atoms with E-state index in [1.807, 2.05) is 0 Å². The molecule has 0 radical (unpaired) electrons. The summed E-state index contributed by atoms with van der Waals surface area (Å²) in [6, 6.07) is -0.0341. The Morgan fingerprint density at radius 3 is 2.32 bits per heavy atom. The Kier molecular flexibility index (Phi) is 3.59. The molecule has 1 fully saturated rings. The molecule has 2 rings (SSSR count). The minimum Gasteiger partial charge on any atom is -0.396 e. The van der Waals surface area contributed by atoms with E-state index in [4.69, 9.17) is 5.73 Å². The molecule has 1 aliphatic heterocycles. The van der Waals surface area contributed by atoms with Gasteiger partial charge in [0.05, 0.1) is 11.9 Å². The van der Waals surface area contributed by atoms with Crippen molar-refractivity contribution in [2.24, 2.45) is 0 Å². The molecule has 0 aromatic carbocycles. The van der Waals surface area contributed by atoms with E-state index in [0.717, 1.165) is 0 Å². The Labute approximate surface area is 111 Å². The molecule has 1 aliphatic rings. The van der Waals surface area contributed by atoms with E-state index < -0.39 is 0 Å². The molecular weight excluding hydrogens is 248 g/mol. The minimum absolute atomic E-state index is 0.0341. The van der Waals surface area contributed by atoms with Gasteiger partial charge in [0.25, 0.3) is 5.91 Å². The summed E-state index contributed by atoms with van der Waals surface area (Å²) in [5.41, 5.74) is 6.31. The lowest BCUT2D eigenvalue weighted by Crippen LogP contribution is -2.53. The Bertz CT molecular complexity index is 475. The van der Waals surface area contributed by atoms with Gasteiger partial charge in [0.2, 0.25) is 0 Å². The second kappa shape index (κ2) is 5.17. The van der Waals surface area contributed by atoms with Crippen LogP contribution in [0.15, 0.2) is 6.20 Å². The highest BCUT2D eigenvalue weighted by molar-refractivity contribution is 5.97. The zero-order valence-corrected chi connectivity index (χ0v) is 11.1. The highest BCUT2D eigenvalue weighted by Crippen LogP contribution is 2.12. The number of anilines is 1. The Balaban J connectivity index is 1.95. The first-order chi connectivity index (χ1) is 9.00. The Morgan fingerprint density at radius 2 is 1.84 bits per heavy atom. The molecule has 0 aliphatic carbocycles. The normalized spacial score (nSPS) is 15.5. The van der Waals surface area contributed by atoms with Crippen LogP contribution >= 0.6 is 0 Å². The van der Waals surface area contributed by atoms with Crippen LogP contribution in [0.1, 0.15) is 10.5 Å². The van der Waals surface area contributed by atoms with E-state index in [1.165, 1.54) is 11.1 Å². The molecule has 0 atom stereocenters. The van der Waals surface area contributed by atoms with Gasteiger partial charge in [-0.2, -0.15) is 5.10 Å². The highest BCUT2D eigenvalue weighted by atomic mass is 16.2. The first kappa shape index (κ1) is 13.2. The monoisotopic (exact) mass is 266 g/mol. The molecule has 3 amide bonds. The topological polar surface area (TPSA) is 98.6 Å². The van der Waals surface area contributed by atoms with Crippen molar-refractivity contribution >= 4 is 17.6 Å². The smallest absolute Gasteiger partial charge is 0.319 e. The Morgan fingerprint density at radius 1 is 1.26 bits per heavy atom. The summed E-state index contributed by atoms with van der Waals surface area (Å²) in [5.74, 6) is -0.174. The van der Waals surface area contributed by atoms with Crippen LogP contribution in [0.3, 0.4) is 0 Å². The molecule has 19 heavy (non-hydrogen) atoms. The number of amides is 3. The van der Waals surface area contributed by atoms with Gasteiger partial charge in [0.1, 0.15) is 5.69 Å². The average Bonchev–Trinajstić information content (AvgIpc) is 2.83. The predicted octanol–water partition coefficient (Wildman–Crippen LogP) is -0.569. The second-order valence-corrected chi connectivity index (χ2v) is 4.66. The number of piperazine rings is 1. The number of carbonyl (C=O) groups is 2. The van der Waals surface area contributed by atoms with Gasteiger partial charge in [-0.05, 0) is 0 Å². The number of H-pyrrole nitrogens is 1. The fourth-order valence-corrected chi connectivity index (χ4v) is 2.01. The highest BCUT2D eigenvalue weighted by Gasteiger charge is 2.27. The van der Waals surface area contributed by atoms with Gasteiger partial charge in [-0.15, -0.1) is 0 Å². The summed E-state index contributed by atoms with van der Waals surface area (Å²) < 4.78 is 0. The van der Waals surface area contributed by atoms with Gasteiger partial charge in [0.15, 0.2) is 0 Å². The van der Waals surface area contributed by atoms with E-state index >= 15 is 0 Å². The molecule has 0 saturated carbocycles.